The van der Waals surface area contributed by atoms with Crippen LogP contribution >= 0.6 is 0 Å². The molecule has 3 aromatic carbocycles. The zero-order valence-electron chi connectivity index (χ0n) is 22.5. The molecule has 0 aromatic heterocycles. The van der Waals surface area contributed by atoms with E-state index in [1.165, 1.54) is 0 Å². The third-order valence-electron chi connectivity index (χ3n) is 7.46. The molecule has 3 aromatic rings. The average Bonchev–Trinajstić information content (AvgIpc) is 2.92. The van der Waals surface area contributed by atoms with Crippen molar-refractivity contribution in [1.82, 2.24) is 5.32 Å². The molecule has 0 spiro atoms. The molecule has 1 aliphatic heterocycles. The Bertz CT molecular complexity index is 1500. The summed E-state index contributed by atoms with van der Waals surface area (Å²) >= 11 is 0. The summed E-state index contributed by atoms with van der Waals surface area (Å²) in [6.07, 6.45) is 0.882. The predicted octanol–water partition coefficient (Wildman–Crippen LogP) is 5.72. The number of allylic oxidation sites excluding steroid dienone is 3. The Morgan fingerprint density at radius 2 is 1.67 bits per heavy atom. The first-order chi connectivity index (χ1) is 18.8. The number of phenols is 1. The molecule has 1 aliphatic carbocycles. The molecule has 0 saturated heterocycles. The van der Waals surface area contributed by atoms with E-state index < -0.39 is 5.92 Å². The van der Waals surface area contributed by atoms with Gasteiger partial charge in [0, 0.05) is 40.6 Å². The number of dihydropyridines is 1. The van der Waals surface area contributed by atoms with Crippen molar-refractivity contribution in [2.24, 2.45) is 0 Å². The van der Waals surface area contributed by atoms with Gasteiger partial charge in [-0.05, 0) is 73.7 Å². The molecule has 5 rings (SSSR count). The summed E-state index contributed by atoms with van der Waals surface area (Å²) in [5.74, 6) is 0.314. The number of benzene rings is 3. The summed E-state index contributed by atoms with van der Waals surface area (Å²) in [5, 5.41) is 16.7. The number of ketones is 1. The Morgan fingerprint density at radius 3 is 2.36 bits per heavy atom. The van der Waals surface area contributed by atoms with Gasteiger partial charge in [-0.15, -0.1) is 0 Å². The summed E-state index contributed by atoms with van der Waals surface area (Å²) in [5.41, 5.74) is 5.92. The second-order valence-electron chi connectivity index (χ2n) is 10.0. The van der Waals surface area contributed by atoms with Crippen LogP contribution < -0.4 is 20.1 Å². The fourth-order valence-electron chi connectivity index (χ4n) is 5.56. The van der Waals surface area contributed by atoms with Crippen LogP contribution in [0.4, 0.5) is 5.69 Å². The molecular weight excluding hydrogens is 492 g/mol. The Hall–Kier alpha value is -4.52. The van der Waals surface area contributed by atoms with Crippen LogP contribution in [0, 0.1) is 6.92 Å². The number of aryl methyl sites for hydroxylation is 1. The Labute approximate surface area is 228 Å². The lowest BCUT2D eigenvalue weighted by molar-refractivity contribution is -0.116. The van der Waals surface area contributed by atoms with Gasteiger partial charge in [0.05, 0.1) is 14.2 Å². The van der Waals surface area contributed by atoms with Gasteiger partial charge in [-0.1, -0.05) is 35.9 Å². The number of Topliss-reactive ketones (excluding diaryl/α,β-unsaturated/α-hetero) is 1. The maximum absolute atomic E-state index is 13.9. The number of amides is 1. The van der Waals surface area contributed by atoms with Gasteiger partial charge in [-0.2, -0.15) is 0 Å². The van der Waals surface area contributed by atoms with Gasteiger partial charge >= 0.3 is 0 Å². The minimum Gasteiger partial charge on any atom is -0.508 e. The van der Waals surface area contributed by atoms with E-state index in [0.717, 1.165) is 16.8 Å². The standard InChI is InChI=1S/C32H32N2O5/c1-18-8-11-23(12-9-18)34-32(37)29-19(2)33-25-15-22(20-10-13-27(38-3)28(17-20)39-4)16-26(36)31(25)30(29)21-6-5-7-24(35)14-21/h5-14,17,22,30,33,35H,15-16H2,1-4H3,(H,34,37)/t22-,30+/m1/s1. The van der Waals surface area contributed by atoms with Crippen LogP contribution in [-0.2, 0) is 9.59 Å². The Morgan fingerprint density at radius 1 is 0.923 bits per heavy atom. The maximum Gasteiger partial charge on any atom is 0.254 e. The first kappa shape index (κ1) is 26.1. The zero-order chi connectivity index (χ0) is 27.7. The number of carbonyl (C=O) groups excluding carboxylic acids is 2. The van der Waals surface area contributed by atoms with Gasteiger partial charge in [0.1, 0.15) is 5.75 Å². The maximum atomic E-state index is 13.9. The molecule has 3 N–H and O–H groups in total. The van der Waals surface area contributed by atoms with Gasteiger partial charge in [-0.3, -0.25) is 9.59 Å². The van der Waals surface area contributed by atoms with Crippen molar-refractivity contribution >= 4 is 17.4 Å². The van der Waals surface area contributed by atoms with Crippen LogP contribution in [0.5, 0.6) is 17.2 Å². The predicted molar refractivity (Wildman–Crippen MR) is 150 cm³/mol. The molecule has 0 radical (unpaired) electrons. The Kier molecular flexibility index (Phi) is 7.15. The number of nitrogens with one attached hydrogen (secondary N) is 2. The van der Waals surface area contributed by atoms with E-state index in [4.69, 9.17) is 9.47 Å². The third-order valence-corrected chi connectivity index (χ3v) is 7.46. The number of carbonyl (C=O) groups is 2. The summed E-state index contributed by atoms with van der Waals surface area (Å²) < 4.78 is 10.9. The van der Waals surface area contributed by atoms with Gasteiger partial charge < -0.3 is 25.2 Å². The van der Waals surface area contributed by atoms with Gasteiger partial charge in [0.15, 0.2) is 17.3 Å². The molecule has 0 fully saturated rings. The van der Waals surface area contributed by atoms with Crippen LogP contribution in [0.3, 0.4) is 0 Å². The van der Waals surface area contributed by atoms with E-state index in [9.17, 15) is 14.7 Å². The van der Waals surface area contributed by atoms with E-state index in [1.807, 2.05) is 62.4 Å². The second-order valence-corrected chi connectivity index (χ2v) is 10.0. The average molecular weight is 525 g/mol. The molecule has 39 heavy (non-hydrogen) atoms. The second kappa shape index (κ2) is 10.7. The molecule has 1 heterocycles. The minimum atomic E-state index is -0.613. The highest BCUT2D eigenvalue weighted by Gasteiger charge is 2.41. The number of phenolic OH excluding ortho intramolecular Hbond substituents is 1. The van der Waals surface area contributed by atoms with Crippen molar-refractivity contribution < 1.29 is 24.2 Å². The van der Waals surface area contributed by atoms with Crippen molar-refractivity contribution in [2.45, 2.75) is 38.5 Å². The van der Waals surface area contributed by atoms with Gasteiger partial charge in [0.25, 0.3) is 5.91 Å². The van der Waals surface area contributed by atoms with Crippen LogP contribution in [0.1, 0.15) is 48.3 Å². The number of rotatable bonds is 6. The van der Waals surface area contributed by atoms with E-state index in [2.05, 4.69) is 10.6 Å². The van der Waals surface area contributed by atoms with Crippen LogP contribution in [0.15, 0.2) is 89.3 Å². The monoisotopic (exact) mass is 524 g/mol. The van der Waals surface area contributed by atoms with Gasteiger partial charge in [0.2, 0.25) is 0 Å². The zero-order valence-corrected chi connectivity index (χ0v) is 22.5. The largest absolute Gasteiger partial charge is 0.508 e. The lowest BCUT2D eigenvalue weighted by Gasteiger charge is -2.37. The van der Waals surface area contributed by atoms with E-state index in [-0.39, 0.29) is 29.8 Å². The fourth-order valence-corrected chi connectivity index (χ4v) is 5.56. The highest BCUT2D eigenvalue weighted by Crippen LogP contribution is 2.46. The lowest BCUT2D eigenvalue weighted by Crippen LogP contribution is -2.37. The van der Waals surface area contributed by atoms with Crippen LogP contribution in [-0.4, -0.2) is 31.0 Å². The van der Waals surface area contributed by atoms with E-state index in [1.54, 1.807) is 32.4 Å². The van der Waals surface area contributed by atoms with Crippen molar-refractivity contribution in [3.05, 3.63) is 106 Å². The molecule has 7 nitrogen and oxygen atoms in total. The fraction of sp³-hybridized carbons (Fsp3) is 0.250. The molecule has 0 saturated carbocycles. The molecule has 2 atom stereocenters. The highest BCUT2D eigenvalue weighted by atomic mass is 16.5. The molecular formula is C32H32N2O5. The molecule has 0 unspecified atom stereocenters. The molecule has 0 bridgehead atoms. The van der Waals surface area contributed by atoms with Crippen molar-refractivity contribution in [2.75, 3.05) is 19.5 Å². The van der Waals surface area contributed by atoms with Crippen molar-refractivity contribution in [3.63, 3.8) is 0 Å². The normalized spacial score (nSPS) is 18.8. The number of hydrogen-bond donors (Lipinski definition) is 3. The SMILES string of the molecule is COc1ccc([C@H]2CC(=O)C3=C(C2)NC(C)=C(C(=O)Nc2ccc(C)cc2)[C@@H]3c2cccc(O)c2)cc1OC. The number of aromatic hydroxyl groups is 1. The first-order valence-corrected chi connectivity index (χ1v) is 12.9. The molecule has 7 heteroatoms. The van der Waals surface area contributed by atoms with E-state index in [0.29, 0.717) is 46.0 Å². The van der Waals surface area contributed by atoms with Gasteiger partial charge in [-0.25, -0.2) is 0 Å². The van der Waals surface area contributed by atoms with Crippen LogP contribution in [0.2, 0.25) is 0 Å². The van der Waals surface area contributed by atoms with Crippen molar-refractivity contribution in [1.29, 1.82) is 0 Å². The summed E-state index contributed by atoms with van der Waals surface area (Å²) in [7, 11) is 3.18. The third kappa shape index (κ3) is 5.12. The number of anilines is 1. The lowest BCUT2D eigenvalue weighted by atomic mass is 9.71. The first-order valence-electron chi connectivity index (χ1n) is 12.9. The number of hydrogen-bond acceptors (Lipinski definition) is 6. The smallest absolute Gasteiger partial charge is 0.254 e. The topological polar surface area (TPSA) is 96.9 Å². The number of ether oxygens (including phenoxy) is 2. The Balaban J connectivity index is 1.54. The van der Waals surface area contributed by atoms with Crippen molar-refractivity contribution in [3.8, 4) is 17.2 Å². The number of methoxy groups -OCH3 is 2. The molecule has 2 aliphatic rings. The van der Waals surface area contributed by atoms with Crippen LogP contribution in [0.25, 0.3) is 0 Å². The highest BCUT2D eigenvalue weighted by molar-refractivity contribution is 6.10. The summed E-state index contributed by atoms with van der Waals surface area (Å²) in [6, 6.07) is 20.1. The summed E-state index contributed by atoms with van der Waals surface area (Å²) in [6.45, 7) is 3.84. The minimum absolute atomic E-state index is 0.0370. The summed E-state index contributed by atoms with van der Waals surface area (Å²) in [4.78, 5) is 27.6. The van der Waals surface area contributed by atoms with E-state index >= 15 is 0 Å². The molecule has 1 amide bonds. The molecule has 200 valence electrons. The quantitative estimate of drug-likeness (QED) is 0.382.